The Morgan fingerprint density at radius 3 is 2.82 bits per heavy atom. The molecule has 0 fully saturated rings. The van der Waals surface area contributed by atoms with Crippen molar-refractivity contribution in [2.75, 3.05) is 0 Å². The van der Waals surface area contributed by atoms with Crippen LogP contribution in [0.1, 0.15) is 5.69 Å². The molecule has 0 aliphatic heterocycles. The molecule has 1 heterocycles. The SMILES string of the molecule is NCc1cc(B(O)O)ccn1. The summed E-state index contributed by atoms with van der Waals surface area (Å²) in [6.45, 7) is 0.306. The molecule has 11 heavy (non-hydrogen) atoms. The van der Waals surface area contributed by atoms with Crippen LogP contribution in [0.2, 0.25) is 0 Å². The van der Waals surface area contributed by atoms with Crippen LogP contribution < -0.4 is 11.2 Å². The molecule has 0 aliphatic rings. The summed E-state index contributed by atoms with van der Waals surface area (Å²) < 4.78 is 0. The first-order valence-corrected chi connectivity index (χ1v) is 3.25. The maximum atomic E-state index is 8.73. The Kier molecular flexibility index (Phi) is 2.59. The molecule has 58 valence electrons. The highest BCUT2D eigenvalue weighted by atomic mass is 16.4. The van der Waals surface area contributed by atoms with Crippen LogP contribution in [0.5, 0.6) is 0 Å². The van der Waals surface area contributed by atoms with E-state index in [1.54, 1.807) is 6.07 Å². The van der Waals surface area contributed by atoms with Gasteiger partial charge in [-0.15, -0.1) is 0 Å². The van der Waals surface area contributed by atoms with Crippen molar-refractivity contribution >= 4 is 12.6 Å². The van der Waals surface area contributed by atoms with Gasteiger partial charge < -0.3 is 15.8 Å². The predicted molar refractivity (Wildman–Crippen MR) is 42.0 cm³/mol. The quantitative estimate of drug-likeness (QED) is 0.437. The number of hydrogen-bond acceptors (Lipinski definition) is 4. The molecule has 0 saturated carbocycles. The monoisotopic (exact) mass is 152 g/mol. The van der Waals surface area contributed by atoms with Gasteiger partial charge in [-0.2, -0.15) is 0 Å². The molecule has 1 aromatic heterocycles. The molecule has 0 aromatic carbocycles. The van der Waals surface area contributed by atoms with E-state index in [0.29, 0.717) is 17.7 Å². The first kappa shape index (κ1) is 8.19. The molecule has 1 aromatic rings. The van der Waals surface area contributed by atoms with Gasteiger partial charge in [0.05, 0.1) is 5.69 Å². The van der Waals surface area contributed by atoms with Crippen LogP contribution in [0.15, 0.2) is 18.3 Å². The molecule has 0 aliphatic carbocycles. The molecule has 0 spiro atoms. The van der Waals surface area contributed by atoms with Crippen LogP contribution in [0.4, 0.5) is 0 Å². The van der Waals surface area contributed by atoms with Crippen LogP contribution in [0.25, 0.3) is 0 Å². The Morgan fingerprint density at radius 2 is 2.27 bits per heavy atom. The molecular formula is C6H9BN2O2. The first-order valence-electron chi connectivity index (χ1n) is 3.25. The third-order valence-electron chi connectivity index (χ3n) is 1.35. The lowest BCUT2D eigenvalue weighted by Gasteiger charge is -1.99. The van der Waals surface area contributed by atoms with Crippen LogP contribution in [0, 0.1) is 0 Å². The zero-order chi connectivity index (χ0) is 8.27. The van der Waals surface area contributed by atoms with Crippen molar-refractivity contribution in [3.8, 4) is 0 Å². The first-order chi connectivity index (χ1) is 5.24. The molecule has 4 nitrogen and oxygen atoms in total. The van der Waals surface area contributed by atoms with Gasteiger partial charge in [-0.25, -0.2) is 0 Å². The molecule has 0 atom stereocenters. The van der Waals surface area contributed by atoms with Crippen LogP contribution in [-0.2, 0) is 6.54 Å². The van der Waals surface area contributed by atoms with Crippen molar-refractivity contribution in [1.82, 2.24) is 4.98 Å². The highest BCUT2D eigenvalue weighted by molar-refractivity contribution is 6.58. The van der Waals surface area contributed by atoms with Gasteiger partial charge in [-0.1, -0.05) is 0 Å². The second kappa shape index (κ2) is 3.48. The van der Waals surface area contributed by atoms with E-state index in [0.717, 1.165) is 0 Å². The summed E-state index contributed by atoms with van der Waals surface area (Å²) in [5.74, 6) is 0. The minimum absolute atomic E-state index is 0.306. The fourth-order valence-corrected chi connectivity index (χ4v) is 0.769. The number of rotatable bonds is 2. The Bertz CT molecular complexity index is 242. The van der Waals surface area contributed by atoms with Gasteiger partial charge in [0, 0.05) is 12.7 Å². The number of hydrogen-bond donors (Lipinski definition) is 3. The number of nitrogens with two attached hydrogens (primary N) is 1. The topological polar surface area (TPSA) is 79.4 Å². The van der Waals surface area contributed by atoms with Gasteiger partial charge >= 0.3 is 7.12 Å². The number of nitrogens with zero attached hydrogens (tertiary/aromatic N) is 1. The molecule has 1 rings (SSSR count). The molecule has 0 radical (unpaired) electrons. The van der Waals surface area contributed by atoms with Crippen molar-refractivity contribution in [3.63, 3.8) is 0 Å². The molecule has 0 bridgehead atoms. The fourth-order valence-electron chi connectivity index (χ4n) is 0.769. The largest absolute Gasteiger partial charge is 0.488 e. The van der Waals surface area contributed by atoms with Gasteiger partial charge in [0.1, 0.15) is 0 Å². The lowest BCUT2D eigenvalue weighted by molar-refractivity contribution is 0.425. The van der Waals surface area contributed by atoms with Gasteiger partial charge in [0.2, 0.25) is 0 Å². The van der Waals surface area contributed by atoms with E-state index in [2.05, 4.69) is 4.98 Å². The fraction of sp³-hybridized carbons (Fsp3) is 0.167. The van der Waals surface area contributed by atoms with E-state index in [-0.39, 0.29) is 0 Å². The van der Waals surface area contributed by atoms with Gasteiger partial charge in [0.25, 0.3) is 0 Å². The Morgan fingerprint density at radius 1 is 1.55 bits per heavy atom. The van der Waals surface area contributed by atoms with Crippen molar-refractivity contribution in [3.05, 3.63) is 24.0 Å². The molecule has 4 N–H and O–H groups in total. The maximum Gasteiger partial charge on any atom is 0.488 e. The summed E-state index contributed by atoms with van der Waals surface area (Å²) in [5.41, 5.74) is 6.36. The van der Waals surface area contributed by atoms with Crippen molar-refractivity contribution in [1.29, 1.82) is 0 Å². The third-order valence-corrected chi connectivity index (χ3v) is 1.35. The van der Waals surface area contributed by atoms with E-state index in [1.165, 1.54) is 12.3 Å². The van der Waals surface area contributed by atoms with Crippen molar-refractivity contribution < 1.29 is 10.0 Å². The molecule has 5 heteroatoms. The average Bonchev–Trinajstić information content (AvgIpc) is 2.05. The lowest BCUT2D eigenvalue weighted by atomic mass is 9.81. The molecule has 0 saturated heterocycles. The molecule has 0 amide bonds. The van der Waals surface area contributed by atoms with Crippen LogP contribution >= 0.6 is 0 Å². The van der Waals surface area contributed by atoms with Crippen molar-refractivity contribution in [2.24, 2.45) is 5.73 Å². The predicted octanol–water partition coefficient (Wildman–Crippen LogP) is -1.78. The summed E-state index contributed by atoms with van der Waals surface area (Å²) >= 11 is 0. The summed E-state index contributed by atoms with van der Waals surface area (Å²) in [7, 11) is -1.44. The third kappa shape index (κ3) is 2.01. The summed E-state index contributed by atoms with van der Waals surface area (Å²) in [6.07, 6.45) is 1.50. The summed E-state index contributed by atoms with van der Waals surface area (Å²) in [5, 5.41) is 17.5. The zero-order valence-corrected chi connectivity index (χ0v) is 5.94. The van der Waals surface area contributed by atoms with E-state index in [9.17, 15) is 0 Å². The number of aromatic nitrogens is 1. The Balaban J connectivity index is 2.91. The lowest BCUT2D eigenvalue weighted by Crippen LogP contribution is -2.30. The normalized spacial score (nSPS) is 9.73. The van der Waals surface area contributed by atoms with E-state index in [4.69, 9.17) is 15.8 Å². The highest BCUT2D eigenvalue weighted by Crippen LogP contribution is 1.88. The summed E-state index contributed by atoms with van der Waals surface area (Å²) in [6, 6.07) is 3.09. The maximum absolute atomic E-state index is 8.73. The minimum atomic E-state index is -1.44. The smallest absolute Gasteiger partial charge is 0.423 e. The Labute approximate surface area is 64.8 Å². The molecular weight excluding hydrogens is 143 g/mol. The van der Waals surface area contributed by atoms with E-state index in [1.807, 2.05) is 0 Å². The number of pyridine rings is 1. The Hall–Kier alpha value is -0.905. The standard InChI is InChI=1S/C6H9BN2O2/c8-4-6-3-5(7(10)11)1-2-9-6/h1-3,10-11H,4,8H2. The van der Waals surface area contributed by atoms with Crippen LogP contribution in [-0.4, -0.2) is 22.2 Å². The minimum Gasteiger partial charge on any atom is -0.423 e. The van der Waals surface area contributed by atoms with Gasteiger partial charge in [-0.05, 0) is 17.6 Å². The zero-order valence-electron chi connectivity index (χ0n) is 5.94. The van der Waals surface area contributed by atoms with Gasteiger partial charge in [0.15, 0.2) is 0 Å². The van der Waals surface area contributed by atoms with Gasteiger partial charge in [-0.3, -0.25) is 4.98 Å². The summed E-state index contributed by atoms with van der Waals surface area (Å²) in [4.78, 5) is 3.89. The highest BCUT2D eigenvalue weighted by Gasteiger charge is 2.10. The second-order valence-corrected chi connectivity index (χ2v) is 2.16. The average molecular weight is 152 g/mol. The second-order valence-electron chi connectivity index (χ2n) is 2.16. The molecule has 0 unspecified atom stereocenters. The van der Waals surface area contributed by atoms with Crippen molar-refractivity contribution in [2.45, 2.75) is 6.54 Å². The van der Waals surface area contributed by atoms with E-state index >= 15 is 0 Å². The van der Waals surface area contributed by atoms with Crippen LogP contribution in [0.3, 0.4) is 0 Å². The van der Waals surface area contributed by atoms with E-state index < -0.39 is 7.12 Å².